The van der Waals surface area contributed by atoms with Crippen molar-refractivity contribution in [1.82, 2.24) is 4.72 Å². The molecule has 1 N–H and O–H groups in total. The lowest BCUT2D eigenvalue weighted by atomic mass is 10.1. The fourth-order valence-corrected chi connectivity index (χ4v) is 3.28. The summed E-state index contributed by atoms with van der Waals surface area (Å²) in [5, 5.41) is 10.8. The maximum absolute atomic E-state index is 12.4. The Morgan fingerprint density at radius 3 is 2.52 bits per heavy atom. The molecule has 2 aromatic rings. The van der Waals surface area contributed by atoms with Crippen molar-refractivity contribution in [3.05, 3.63) is 64.2 Å². The molecule has 25 heavy (non-hydrogen) atoms. The lowest BCUT2D eigenvalue weighted by molar-refractivity contribution is -0.385. The van der Waals surface area contributed by atoms with Crippen molar-refractivity contribution < 1.29 is 22.8 Å². The predicted octanol–water partition coefficient (Wildman–Crippen LogP) is 2.27. The van der Waals surface area contributed by atoms with Gasteiger partial charge in [-0.25, -0.2) is 13.1 Å². The second-order valence-electron chi connectivity index (χ2n) is 5.11. The number of hydrogen-bond acceptors (Lipinski definition) is 6. The molecule has 0 fully saturated rings. The second kappa shape index (κ2) is 8.06. The van der Waals surface area contributed by atoms with Gasteiger partial charge >= 0.3 is 0 Å². The molecule has 8 nitrogen and oxygen atoms in total. The van der Waals surface area contributed by atoms with Gasteiger partial charge in [0.25, 0.3) is 5.69 Å². The van der Waals surface area contributed by atoms with Crippen LogP contribution >= 0.6 is 0 Å². The van der Waals surface area contributed by atoms with E-state index in [-0.39, 0.29) is 17.1 Å². The van der Waals surface area contributed by atoms with Crippen molar-refractivity contribution in [2.75, 3.05) is 20.8 Å². The Hall–Kier alpha value is -2.49. The maximum Gasteiger partial charge on any atom is 0.270 e. The van der Waals surface area contributed by atoms with Gasteiger partial charge in [-0.1, -0.05) is 18.2 Å². The fraction of sp³-hybridized carbons (Fsp3) is 0.250. The molecule has 0 aliphatic heterocycles. The molecule has 9 heteroatoms. The third-order valence-corrected chi connectivity index (χ3v) is 4.97. The lowest BCUT2D eigenvalue weighted by Gasteiger charge is -2.17. The summed E-state index contributed by atoms with van der Waals surface area (Å²) in [6.45, 7) is -0.0330. The molecule has 0 heterocycles. The molecule has 0 saturated carbocycles. The van der Waals surface area contributed by atoms with E-state index in [1.165, 1.54) is 32.4 Å². The molecule has 0 aliphatic rings. The molecule has 0 radical (unpaired) electrons. The average Bonchev–Trinajstić information content (AvgIpc) is 2.62. The Morgan fingerprint density at radius 1 is 1.16 bits per heavy atom. The van der Waals surface area contributed by atoms with Gasteiger partial charge in [0, 0.05) is 25.8 Å². The first-order chi connectivity index (χ1) is 11.9. The fourth-order valence-electron chi connectivity index (χ4n) is 2.21. The molecule has 0 aliphatic carbocycles. The van der Waals surface area contributed by atoms with Crippen molar-refractivity contribution in [3.8, 4) is 5.75 Å². The minimum Gasteiger partial charge on any atom is -0.497 e. The topological polar surface area (TPSA) is 108 Å². The van der Waals surface area contributed by atoms with Gasteiger partial charge in [0.1, 0.15) is 5.75 Å². The van der Waals surface area contributed by atoms with Crippen LogP contribution in [0.15, 0.2) is 53.4 Å². The summed E-state index contributed by atoms with van der Waals surface area (Å²) in [4.78, 5) is 9.97. The molecular weight excluding hydrogens is 348 g/mol. The van der Waals surface area contributed by atoms with Crippen LogP contribution in [0.2, 0.25) is 0 Å². The molecule has 0 spiro atoms. The first-order valence-electron chi connectivity index (χ1n) is 7.28. The largest absolute Gasteiger partial charge is 0.497 e. The summed E-state index contributed by atoms with van der Waals surface area (Å²) in [6, 6.07) is 11.9. The van der Waals surface area contributed by atoms with Crippen LogP contribution in [0, 0.1) is 10.1 Å². The van der Waals surface area contributed by atoms with Crippen LogP contribution in [0.25, 0.3) is 0 Å². The van der Waals surface area contributed by atoms with Crippen molar-refractivity contribution in [2.24, 2.45) is 0 Å². The molecule has 0 bridgehead atoms. The number of rotatable bonds is 8. The number of ether oxygens (including phenoxy) is 2. The molecule has 1 atom stereocenters. The van der Waals surface area contributed by atoms with Crippen LogP contribution in [0.1, 0.15) is 11.7 Å². The first kappa shape index (κ1) is 18.8. The molecule has 0 amide bonds. The van der Waals surface area contributed by atoms with E-state index in [0.717, 1.165) is 11.6 Å². The van der Waals surface area contributed by atoms with E-state index in [2.05, 4.69) is 4.72 Å². The number of nitro groups is 1. The SMILES string of the molecule is COc1cccc(C(CNS(=O)(=O)c2cccc([N+](=O)[O-])c2)OC)c1. The Labute approximate surface area is 145 Å². The van der Waals surface area contributed by atoms with Gasteiger partial charge in [-0.2, -0.15) is 0 Å². The molecule has 2 rings (SSSR count). The van der Waals surface area contributed by atoms with Gasteiger partial charge in [0.05, 0.1) is 23.0 Å². The second-order valence-corrected chi connectivity index (χ2v) is 6.87. The highest BCUT2D eigenvalue weighted by molar-refractivity contribution is 7.89. The van der Waals surface area contributed by atoms with Crippen molar-refractivity contribution in [3.63, 3.8) is 0 Å². The van der Waals surface area contributed by atoms with Gasteiger partial charge in [-0.15, -0.1) is 0 Å². The number of nitrogens with one attached hydrogen (secondary N) is 1. The normalized spacial score (nSPS) is 12.6. The van der Waals surface area contributed by atoms with E-state index < -0.39 is 21.1 Å². The highest BCUT2D eigenvalue weighted by Gasteiger charge is 2.20. The monoisotopic (exact) mass is 366 g/mol. The van der Waals surface area contributed by atoms with Gasteiger partial charge in [-0.05, 0) is 23.8 Å². The molecule has 0 saturated heterocycles. The molecule has 2 aromatic carbocycles. The lowest BCUT2D eigenvalue weighted by Crippen LogP contribution is -2.29. The van der Waals surface area contributed by atoms with Gasteiger partial charge < -0.3 is 9.47 Å². The first-order valence-corrected chi connectivity index (χ1v) is 8.76. The average molecular weight is 366 g/mol. The molecule has 1 unspecified atom stereocenters. The van der Waals surface area contributed by atoms with Gasteiger partial charge in [0.2, 0.25) is 10.0 Å². The van der Waals surface area contributed by atoms with Crippen LogP contribution in [-0.4, -0.2) is 34.1 Å². The zero-order chi connectivity index (χ0) is 18.4. The van der Waals surface area contributed by atoms with E-state index in [0.29, 0.717) is 5.75 Å². The molecule has 0 aromatic heterocycles. The Kier molecular flexibility index (Phi) is 6.07. The summed E-state index contributed by atoms with van der Waals surface area (Å²) < 4.78 is 37.6. The third-order valence-electron chi connectivity index (χ3n) is 3.55. The Bertz CT molecular complexity index is 853. The number of hydrogen-bond donors (Lipinski definition) is 1. The van der Waals surface area contributed by atoms with E-state index in [9.17, 15) is 18.5 Å². The number of methoxy groups -OCH3 is 2. The summed E-state index contributed by atoms with van der Waals surface area (Å²) in [6.07, 6.45) is -0.538. The van der Waals surface area contributed by atoms with Crippen LogP contribution < -0.4 is 9.46 Å². The van der Waals surface area contributed by atoms with Crippen molar-refractivity contribution >= 4 is 15.7 Å². The quantitative estimate of drug-likeness (QED) is 0.567. The Balaban J connectivity index is 2.17. The zero-order valence-corrected chi connectivity index (χ0v) is 14.5. The highest BCUT2D eigenvalue weighted by atomic mass is 32.2. The summed E-state index contributed by atoms with van der Waals surface area (Å²) in [5.41, 5.74) is 0.447. The van der Waals surface area contributed by atoms with E-state index in [4.69, 9.17) is 9.47 Å². The van der Waals surface area contributed by atoms with Crippen LogP contribution in [-0.2, 0) is 14.8 Å². The summed E-state index contributed by atoms with van der Waals surface area (Å²) in [7, 11) is -0.913. The number of nitrogens with zero attached hydrogens (tertiary/aromatic N) is 1. The van der Waals surface area contributed by atoms with E-state index >= 15 is 0 Å². The van der Waals surface area contributed by atoms with Crippen molar-refractivity contribution in [1.29, 1.82) is 0 Å². The minimum atomic E-state index is -3.91. The van der Waals surface area contributed by atoms with E-state index in [1.807, 2.05) is 0 Å². The number of benzene rings is 2. The molecular formula is C16H18N2O6S. The number of sulfonamides is 1. The third kappa shape index (κ3) is 4.75. The summed E-state index contributed by atoms with van der Waals surface area (Å²) in [5.74, 6) is 0.626. The predicted molar refractivity (Wildman–Crippen MR) is 91.0 cm³/mol. The standard InChI is InChI=1S/C16H18N2O6S/c1-23-14-7-3-5-12(9-14)16(24-2)11-17-25(21,22)15-8-4-6-13(10-15)18(19)20/h3-10,16-17H,11H2,1-2H3. The highest BCUT2D eigenvalue weighted by Crippen LogP contribution is 2.22. The number of nitro benzene ring substituents is 1. The van der Waals surface area contributed by atoms with Crippen molar-refractivity contribution in [2.45, 2.75) is 11.0 Å². The summed E-state index contributed by atoms with van der Waals surface area (Å²) >= 11 is 0. The van der Waals surface area contributed by atoms with Gasteiger partial charge in [-0.3, -0.25) is 10.1 Å². The number of non-ortho nitro benzene ring substituents is 1. The van der Waals surface area contributed by atoms with Crippen LogP contribution in [0.3, 0.4) is 0 Å². The Morgan fingerprint density at radius 2 is 1.88 bits per heavy atom. The zero-order valence-electron chi connectivity index (χ0n) is 13.7. The van der Waals surface area contributed by atoms with Gasteiger partial charge in [0.15, 0.2) is 0 Å². The smallest absolute Gasteiger partial charge is 0.270 e. The molecule has 134 valence electrons. The maximum atomic E-state index is 12.4. The van der Waals surface area contributed by atoms with E-state index in [1.54, 1.807) is 24.3 Å². The van der Waals surface area contributed by atoms with Crippen LogP contribution in [0.4, 0.5) is 5.69 Å². The van der Waals surface area contributed by atoms with Crippen LogP contribution in [0.5, 0.6) is 5.75 Å². The minimum absolute atomic E-state index is 0.0330.